The number of carbonyl (C=O) groups is 1. The van der Waals surface area contributed by atoms with Gasteiger partial charge in [-0.05, 0) is 56.1 Å². The average molecular weight is 461 g/mol. The number of anilines is 2. The largest absolute Gasteiger partial charge is 0.417 e. The summed E-state index contributed by atoms with van der Waals surface area (Å²) in [5.74, 6) is -0.769. The molecule has 0 atom stereocenters. The average Bonchev–Trinajstić information content (AvgIpc) is 3.29. The van der Waals surface area contributed by atoms with Crippen molar-refractivity contribution < 1.29 is 9.21 Å². The van der Waals surface area contributed by atoms with E-state index in [9.17, 15) is 9.59 Å². The minimum atomic E-state index is -0.528. The Kier molecular flexibility index (Phi) is 5.28. The molecule has 0 spiro atoms. The number of H-pyrrole nitrogens is 1. The van der Waals surface area contributed by atoms with E-state index < -0.39 is 5.76 Å². The number of carbonyl (C=O) groups excluding carboxylic acids is 1. The fourth-order valence-corrected chi connectivity index (χ4v) is 4.15. The van der Waals surface area contributed by atoms with Crippen molar-refractivity contribution in [1.29, 1.82) is 0 Å². The highest BCUT2D eigenvalue weighted by molar-refractivity contribution is 6.38. The Balaban J connectivity index is 1.65. The lowest BCUT2D eigenvalue weighted by molar-refractivity contribution is -0.110. The third-order valence-electron chi connectivity index (χ3n) is 5.41. The summed E-state index contributed by atoms with van der Waals surface area (Å²) in [6.07, 6.45) is 0. The van der Waals surface area contributed by atoms with Crippen LogP contribution in [0.2, 0.25) is 5.02 Å². The number of benzene rings is 3. The van der Waals surface area contributed by atoms with E-state index >= 15 is 0 Å². The quantitative estimate of drug-likeness (QED) is 0.373. The van der Waals surface area contributed by atoms with Crippen LogP contribution < -0.4 is 16.4 Å². The maximum Gasteiger partial charge on any atom is 0.417 e. The summed E-state index contributed by atoms with van der Waals surface area (Å²) in [5, 5.41) is 6.85. The van der Waals surface area contributed by atoms with Crippen LogP contribution in [0.1, 0.15) is 16.7 Å². The zero-order valence-corrected chi connectivity index (χ0v) is 18.8. The van der Waals surface area contributed by atoms with Gasteiger partial charge in [-0.25, -0.2) is 4.79 Å². The van der Waals surface area contributed by atoms with E-state index in [-0.39, 0.29) is 5.91 Å². The normalized spacial score (nSPS) is 14.5. The van der Waals surface area contributed by atoms with Crippen LogP contribution in [0.4, 0.5) is 11.4 Å². The molecule has 8 heteroatoms. The third-order valence-corrected chi connectivity index (χ3v) is 5.64. The highest BCUT2D eigenvalue weighted by Gasteiger charge is 2.29. The molecule has 0 saturated carbocycles. The first-order valence-corrected chi connectivity index (χ1v) is 10.7. The van der Waals surface area contributed by atoms with Gasteiger partial charge in [-0.2, -0.15) is 0 Å². The first-order chi connectivity index (χ1) is 15.9. The van der Waals surface area contributed by atoms with E-state index in [0.717, 1.165) is 17.8 Å². The highest BCUT2D eigenvalue weighted by atomic mass is 35.5. The maximum absolute atomic E-state index is 13.1. The lowest BCUT2D eigenvalue weighted by atomic mass is 9.99. The molecule has 0 saturated heterocycles. The van der Waals surface area contributed by atoms with Gasteiger partial charge < -0.3 is 20.0 Å². The summed E-state index contributed by atoms with van der Waals surface area (Å²) in [6, 6.07) is 18.7. The number of nitrogens with zero attached hydrogens (tertiary/aromatic N) is 1. The number of aromatic amines is 1. The SMILES string of the molecule is CN(C)Cc1ccc(N/C(=C2\C(=O)Nc3cc(Cl)ccc32)c2ccc3[nH]c(=O)oc3c2)cc1. The Bertz CT molecular complexity index is 1470. The van der Waals surface area contributed by atoms with Gasteiger partial charge in [-0.15, -0.1) is 0 Å². The summed E-state index contributed by atoms with van der Waals surface area (Å²) in [5.41, 5.74) is 6.17. The molecule has 1 aliphatic rings. The zero-order chi connectivity index (χ0) is 23.1. The number of amides is 1. The van der Waals surface area contributed by atoms with Crippen molar-refractivity contribution in [3.05, 3.63) is 92.9 Å². The van der Waals surface area contributed by atoms with Crippen molar-refractivity contribution >= 4 is 51.3 Å². The first kappa shape index (κ1) is 21.1. The van der Waals surface area contributed by atoms with Crippen molar-refractivity contribution in [1.82, 2.24) is 9.88 Å². The molecule has 0 aliphatic carbocycles. The van der Waals surface area contributed by atoms with Crippen LogP contribution in [0, 0.1) is 0 Å². The highest BCUT2D eigenvalue weighted by Crippen LogP contribution is 2.39. The van der Waals surface area contributed by atoms with Crippen LogP contribution in [0.15, 0.2) is 69.9 Å². The lowest BCUT2D eigenvalue weighted by Gasteiger charge is -2.16. The van der Waals surface area contributed by atoms with Crippen LogP contribution in [-0.4, -0.2) is 29.9 Å². The van der Waals surface area contributed by atoms with Crippen molar-refractivity contribution in [3.63, 3.8) is 0 Å². The monoisotopic (exact) mass is 460 g/mol. The van der Waals surface area contributed by atoms with E-state index in [2.05, 4.69) is 20.5 Å². The Labute approximate surface area is 194 Å². The number of hydrogen-bond acceptors (Lipinski definition) is 5. The van der Waals surface area contributed by atoms with Crippen LogP contribution in [0.5, 0.6) is 0 Å². The van der Waals surface area contributed by atoms with E-state index in [0.29, 0.717) is 38.6 Å². The van der Waals surface area contributed by atoms with E-state index in [1.165, 1.54) is 5.56 Å². The molecule has 0 fully saturated rings. The van der Waals surface area contributed by atoms with Gasteiger partial charge in [0.2, 0.25) is 0 Å². The molecule has 0 bridgehead atoms. The molecule has 2 heterocycles. The van der Waals surface area contributed by atoms with Crippen molar-refractivity contribution in [3.8, 4) is 0 Å². The van der Waals surface area contributed by atoms with Gasteiger partial charge in [0.1, 0.15) is 0 Å². The molecule has 1 aromatic heterocycles. The Morgan fingerprint density at radius 3 is 2.58 bits per heavy atom. The maximum atomic E-state index is 13.1. The van der Waals surface area contributed by atoms with E-state index in [4.69, 9.17) is 16.0 Å². The number of oxazole rings is 1. The molecule has 0 radical (unpaired) electrons. The van der Waals surface area contributed by atoms with Crippen LogP contribution in [0.25, 0.3) is 22.4 Å². The predicted octanol–water partition coefficient (Wildman–Crippen LogP) is 4.77. The molecule has 1 amide bonds. The molecule has 1 aliphatic heterocycles. The molecule has 4 aromatic rings. The van der Waals surface area contributed by atoms with Gasteiger partial charge >= 0.3 is 5.76 Å². The summed E-state index contributed by atoms with van der Waals surface area (Å²) in [7, 11) is 4.04. The smallest absolute Gasteiger partial charge is 0.408 e. The summed E-state index contributed by atoms with van der Waals surface area (Å²) >= 11 is 6.13. The molecular weight excluding hydrogens is 440 g/mol. The number of aromatic nitrogens is 1. The summed E-state index contributed by atoms with van der Waals surface area (Å²) in [4.78, 5) is 29.4. The lowest BCUT2D eigenvalue weighted by Crippen LogP contribution is -2.11. The molecule has 7 nitrogen and oxygen atoms in total. The van der Waals surface area contributed by atoms with Gasteiger partial charge in [-0.3, -0.25) is 9.78 Å². The number of hydrogen-bond donors (Lipinski definition) is 3. The number of halogens is 1. The fraction of sp³-hybridized carbons (Fsp3) is 0.120. The molecule has 3 N–H and O–H groups in total. The van der Waals surface area contributed by atoms with Gasteiger partial charge in [0.05, 0.1) is 22.5 Å². The Morgan fingerprint density at radius 2 is 1.82 bits per heavy atom. The predicted molar refractivity (Wildman–Crippen MR) is 131 cm³/mol. The molecular formula is C25H21ClN4O3. The van der Waals surface area contributed by atoms with E-state index in [1.54, 1.807) is 24.3 Å². The summed E-state index contributed by atoms with van der Waals surface area (Å²) < 4.78 is 5.25. The van der Waals surface area contributed by atoms with Crippen LogP contribution in [0.3, 0.4) is 0 Å². The van der Waals surface area contributed by atoms with Crippen molar-refractivity contribution in [2.45, 2.75) is 6.54 Å². The summed E-state index contributed by atoms with van der Waals surface area (Å²) in [6.45, 7) is 0.827. The standard InChI is InChI=1S/C25H21ClN4O3/c1-30(2)13-14-3-7-17(8-4-14)27-23(15-5-10-19-21(11-15)33-25(32)29-19)22-18-9-6-16(26)12-20(18)28-24(22)31/h3-12,27H,13H2,1-2H3,(H,28,31)(H,29,32)/b23-22-. The molecule has 0 unspecified atom stereocenters. The topological polar surface area (TPSA) is 90.4 Å². The second kappa shape index (κ2) is 8.27. The second-order valence-corrected chi connectivity index (χ2v) is 8.62. The van der Waals surface area contributed by atoms with Crippen molar-refractivity contribution in [2.75, 3.05) is 24.7 Å². The second-order valence-electron chi connectivity index (χ2n) is 8.18. The number of rotatable bonds is 5. The first-order valence-electron chi connectivity index (χ1n) is 10.4. The minimum absolute atomic E-state index is 0.241. The Morgan fingerprint density at radius 1 is 1.03 bits per heavy atom. The Hall–Kier alpha value is -3.81. The van der Waals surface area contributed by atoms with Gasteiger partial charge in [0.15, 0.2) is 5.58 Å². The number of nitrogens with one attached hydrogen (secondary N) is 3. The molecule has 166 valence electrons. The van der Waals surface area contributed by atoms with Crippen LogP contribution in [-0.2, 0) is 11.3 Å². The van der Waals surface area contributed by atoms with Gasteiger partial charge in [-0.1, -0.05) is 35.9 Å². The molecule has 5 rings (SSSR count). The molecule has 3 aromatic carbocycles. The number of fused-ring (bicyclic) bond motifs is 2. The molecule has 33 heavy (non-hydrogen) atoms. The van der Waals surface area contributed by atoms with Gasteiger partial charge in [0, 0.05) is 28.4 Å². The van der Waals surface area contributed by atoms with Crippen molar-refractivity contribution in [2.24, 2.45) is 0 Å². The third kappa shape index (κ3) is 4.16. The fourth-order valence-electron chi connectivity index (χ4n) is 3.98. The van der Waals surface area contributed by atoms with Gasteiger partial charge in [0.25, 0.3) is 5.91 Å². The van der Waals surface area contributed by atoms with Crippen LogP contribution >= 0.6 is 11.6 Å². The zero-order valence-electron chi connectivity index (χ0n) is 18.0. The van der Waals surface area contributed by atoms with E-state index in [1.807, 2.05) is 50.5 Å². The minimum Gasteiger partial charge on any atom is -0.408 e.